The minimum atomic E-state index is -0.871. The zero-order valence-corrected chi connectivity index (χ0v) is 15.9. The van der Waals surface area contributed by atoms with Crippen LogP contribution in [-0.4, -0.2) is 40.4 Å². The summed E-state index contributed by atoms with van der Waals surface area (Å²) in [4.78, 5) is 25.0. The maximum absolute atomic E-state index is 11.7. The van der Waals surface area contributed by atoms with Crippen molar-refractivity contribution in [2.75, 3.05) is 6.54 Å². The van der Waals surface area contributed by atoms with Gasteiger partial charge in [0.25, 0.3) is 0 Å². The van der Waals surface area contributed by atoms with Crippen LogP contribution >= 0.6 is 0 Å². The van der Waals surface area contributed by atoms with Crippen molar-refractivity contribution >= 4 is 12.2 Å². The molecule has 2 amide bonds. The second-order valence-corrected chi connectivity index (χ2v) is 7.95. The van der Waals surface area contributed by atoms with E-state index in [4.69, 9.17) is 4.74 Å². The Morgan fingerprint density at radius 2 is 1.77 bits per heavy atom. The van der Waals surface area contributed by atoms with E-state index in [1.165, 1.54) is 0 Å². The topological polar surface area (TPSA) is 78.9 Å². The summed E-state index contributed by atoms with van der Waals surface area (Å²) >= 11 is 0. The molecule has 1 saturated carbocycles. The van der Waals surface area contributed by atoms with Crippen LogP contribution in [-0.2, 0) is 11.3 Å². The van der Waals surface area contributed by atoms with Crippen LogP contribution in [0.15, 0.2) is 30.3 Å². The predicted octanol–water partition coefficient (Wildman–Crippen LogP) is 4.25. The highest BCUT2D eigenvalue weighted by molar-refractivity contribution is 5.67. The van der Waals surface area contributed by atoms with E-state index in [9.17, 15) is 14.7 Å². The van der Waals surface area contributed by atoms with Gasteiger partial charge in [0, 0.05) is 19.1 Å². The van der Waals surface area contributed by atoms with Gasteiger partial charge in [-0.3, -0.25) is 0 Å². The number of benzene rings is 1. The Bertz CT molecular complexity index is 590. The average molecular weight is 362 g/mol. The van der Waals surface area contributed by atoms with Gasteiger partial charge in [0.05, 0.1) is 0 Å². The van der Waals surface area contributed by atoms with Gasteiger partial charge in [-0.1, -0.05) is 30.3 Å². The van der Waals surface area contributed by atoms with Crippen molar-refractivity contribution < 1.29 is 19.4 Å². The van der Waals surface area contributed by atoms with Crippen molar-refractivity contribution in [3.8, 4) is 0 Å². The lowest BCUT2D eigenvalue weighted by molar-refractivity contribution is 0.0509. The number of hydrogen-bond donors (Lipinski definition) is 2. The Hall–Kier alpha value is -2.24. The van der Waals surface area contributed by atoms with Crippen LogP contribution in [0.1, 0.15) is 52.0 Å². The Morgan fingerprint density at radius 3 is 2.31 bits per heavy atom. The maximum Gasteiger partial charge on any atom is 0.407 e. The normalized spacial score (nSPS) is 20.3. The molecule has 1 fully saturated rings. The Labute approximate surface area is 155 Å². The lowest BCUT2D eigenvalue weighted by atomic mass is 9.85. The third-order valence-corrected chi connectivity index (χ3v) is 4.63. The van der Waals surface area contributed by atoms with E-state index < -0.39 is 17.8 Å². The number of carbonyl (C=O) groups is 2. The van der Waals surface area contributed by atoms with E-state index >= 15 is 0 Å². The number of amides is 2. The average Bonchev–Trinajstić information content (AvgIpc) is 2.58. The first-order valence-electron chi connectivity index (χ1n) is 9.25. The first-order valence-corrected chi connectivity index (χ1v) is 9.25. The Kier molecular flexibility index (Phi) is 6.89. The third-order valence-electron chi connectivity index (χ3n) is 4.63. The molecule has 6 heteroatoms. The summed E-state index contributed by atoms with van der Waals surface area (Å²) < 4.78 is 5.25. The van der Waals surface area contributed by atoms with Crippen molar-refractivity contribution in [1.29, 1.82) is 0 Å². The standard InChI is InChI=1S/C20H30N2O4/c1-20(2,3)26-18(23)21-13-15-9-11-17(12-10-15)22(19(24)25)14-16-7-5-4-6-8-16/h4-8,15,17H,9-14H2,1-3H3,(H,21,23)(H,24,25). The molecule has 0 aromatic heterocycles. The molecular formula is C20H30N2O4. The van der Waals surface area contributed by atoms with E-state index in [1.807, 2.05) is 51.1 Å². The van der Waals surface area contributed by atoms with Gasteiger partial charge in [0.1, 0.15) is 5.60 Å². The van der Waals surface area contributed by atoms with Gasteiger partial charge >= 0.3 is 12.2 Å². The van der Waals surface area contributed by atoms with Gasteiger partial charge in [-0.25, -0.2) is 9.59 Å². The summed E-state index contributed by atoms with van der Waals surface area (Å²) in [6, 6.07) is 9.71. The molecule has 0 unspecified atom stereocenters. The Balaban J connectivity index is 1.80. The maximum atomic E-state index is 11.7. The molecule has 0 aliphatic heterocycles. The summed E-state index contributed by atoms with van der Waals surface area (Å²) in [5.41, 5.74) is 0.505. The van der Waals surface area contributed by atoms with Gasteiger partial charge in [-0.15, -0.1) is 0 Å². The number of nitrogens with one attached hydrogen (secondary N) is 1. The molecule has 144 valence electrons. The highest BCUT2D eigenvalue weighted by atomic mass is 16.6. The molecule has 2 N–H and O–H groups in total. The molecule has 0 spiro atoms. The van der Waals surface area contributed by atoms with Crippen molar-refractivity contribution in [2.24, 2.45) is 5.92 Å². The lowest BCUT2D eigenvalue weighted by Gasteiger charge is -2.35. The first-order chi connectivity index (χ1) is 12.2. The fraction of sp³-hybridized carbons (Fsp3) is 0.600. The molecule has 26 heavy (non-hydrogen) atoms. The molecule has 1 aromatic rings. The van der Waals surface area contributed by atoms with Crippen LogP contribution in [0, 0.1) is 5.92 Å². The second-order valence-electron chi connectivity index (χ2n) is 7.95. The minimum Gasteiger partial charge on any atom is -0.465 e. The van der Waals surface area contributed by atoms with E-state index in [0.717, 1.165) is 31.2 Å². The number of rotatable bonds is 5. The summed E-state index contributed by atoms with van der Waals surface area (Å²) in [7, 11) is 0. The van der Waals surface area contributed by atoms with Gasteiger partial charge < -0.3 is 20.1 Å². The number of alkyl carbamates (subject to hydrolysis) is 1. The zero-order valence-electron chi connectivity index (χ0n) is 15.9. The largest absolute Gasteiger partial charge is 0.465 e. The van der Waals surface area contributed by atoms with Crippen LogP contribution in [0.2, 0.25) is 0 Å². The lowest BCUT2D eigenvalue weighted by Crippen LogP contribution is -2.42. The summed E-state index contributed by atoms with van der Waals surface area (Å²) in [6.45, 7) is 6.51. The van der Waals surface area contributed by atoms with Gasteiger partial charge in [-0.05, 0) is 57.9 Å². The molecule has 0 saturated heterocycles. The smallest absolute Gasteiger partial charge is 0.407 e. The molecule has 0 heterocycles. The number of carbonyl (C=O) groups excluding carboxylic acids is 1. The van der Waals surface area contributed by atoms with E-state index in [1.54, 1.807) is 4.90 Å². The molecule has 1 aliphatic carbocycles. The van der Waals surface area contributed by atoms with Crippen LogP contribution in [0.3, 0.4) is 0 Å². The number of nitrogens with zero attached hydrogens (tertiary/aromatic N) is 1. The third kappa shape index (κ3) is 6.58. The van der Waals surface area contributed by atoms with Gasteiger partial charge in [0.15, 0.2) is 0 Å². The number of ether oxygens (including phenoxy) is 1. The van der Waals surface area contributed by atoms with Crippen LogP contribution < -0.4 is 5.32 Å². The first kappa shape index (κ1) is 20.1. The van der Waals surface area contributed by atoms with Crippen LogP contribution in [0.5, 0.6) is 0 Å². The van der Waals surface area contributed by atoms with Crippen molar-refractivity contribution in [2.45, 2.75) is 64.6 Å². The summed E-state index contributed by atoms with van der Waals surface area (Å²) in [5.74, 6) is 0.367. The predicted molar refractivity (Wildman–Crippen MR) is 100.0 cm³/mol. The second kappa shape index (κ2) is 8.92. The minimum absolute atomic E-state index is 0.0329. The summed E-state index contributed by atoms with van der Waals surface area (Å²) in [5, 5.41) is 12.4. The molecule has 6 nitrogen and oxygen atoms in total. The fourth-order valence-corrected chi connectivity index (χ4v) is 3.34. The molecular weight excluding hydrogens is 332 g/mol. The molecule has 1 aromatic carbocycles. The molecule has 0 bridgehead atoms. The van der Waals surface area contributed by atoms with Crippen molar-refractivity contribution in [3.63, 3.8) is 0 Å². The quantitative estimate of drug-likeness (QED) is 0.821. The highest BCUT2D eigenvalue weighted by Gasteiger charge is 2.29. The highest BCUT2D eigenvalue weighted by Crippen LogP contribution is 2.28. The molecule has 0 radical (unpaired) electrons. The van der Waals surface area contributed by atoms with Crippen LogP contribution in [0.4, 0.5) is 9.59 Å². The van der Waals surface area contributed by atoms with E-state index in [-0.39, 0.29) is 6.04 Å². The van der Waals surface area contributed by atoms with Crippen LogP contribution in [0.25, 0.3) is 0 Å². The fourth-order valence-electron chi connectivity index (χ4n) is 3.34. The van der Waals surface area contributed by atoms with Crippen molar-refractivity contribution in [3.05, 3.63) is 35.9 Å². The molecule has 2 rings (SSSR count). The Morgan fingerprint density at radius 1 is 1.15 bits per heavy atom. The van der Waals surface area contributed by atoms with Gasteiger partial charge in [0.2, 0.25) is 0 Å². The molecule has 1 aliphatic rings. The SMILES string of the molecule is CC(C)(C)OC(=O)NCC1CCC(N(Cc2ccccc2)C(=O)O)CC1. The van der Waals surface area contributed by atoms with E-state index in [2.05, 4.69) is 5.32 Å². The van der Waals surface area contributed by atoms with E-state index in [0.29, 0.717) is 19.0 Å². The molecule has 0 atom stereocenters. The van der Waals surface area contributed by atoms with Crippen molar-refractivity contribution in [1.82, 2.24) is 10.2 Å². The van der Waals surface area contributed by atoms with Gasteiger partial charge in [-0.2, -0.15) is 0 Å². The number of carboxylic acid groups (broad SMARTS) is 1. The monoisotopic (exact) mass is 362 g/mol. The zero-order chi connectivity index (χ0) is 19.2. The number of hydrogen-bond acceptors (Lipinski definition) is 3. The summed E-state index contributed by atoms with van der Waals surface area (Å²) in [6.07, 6.45) is 2.18.